The second kappa shape index (κ2) is 21.0. The number of nitrogens with one attached hydrogen (secondary N) is 1. The number of terminal acetylenes is 1. The second-order valence-corrected chi connectivity index (χ2v) is 11.4. The van der Waals surface area contributed by atoms with Gasteiger partial charge in [-0.2, -0.15) is 0 Å². The molecule has 200 valence electrons. The SMILES string of the molecule is C#CCCCCC#Cc1cn([C@H]2C[C@H](O)[C@@H](COP(=O)([O-])OP(=O)([O-])OP(=O)([O-])[O-])O2)c(=O)[nH]c1=O.[Na+].[Na+].[Na+].[Na+]. The summed E-state index contributed by atoms with van der Waals surface area (Å²) >= 11 is 0. The topological polar surface area (TPSA) is 255 Å². The molecule has 2 N–H and O–H groups in total. The van der Waals surface area contributed by atoms with Gasteiger partial charge in [-0.05, 0) is 12.8 Å². The largest absolute Gasteiger partial charge is 1.00 e. The summed E-state index contributed by atoms with van der Waals surface area (Å²) in [6.45, 7) is -1.03. The van der Waals surface area contributed by atoms with Gasteiger partial charge in [-0.1, -0.05) is 11.8 Å². The van der Waals surface area contributed by atoms with Crippen molar-refractivity contribution in [2.45, 2.75) is 50.5 Å². The van der Waals surface area contributed by atoms with Crippen molar-refractivity contribution < 1.29 is 174 Å². The number of phosphoric ester groups is 1. The second-order valence-electron chi connectivity index (χ2n) is 7.16. The van der Waals surface area contributed by atoms with Crippen LogP contribution < -0.4 is 149 Å². The maximum Gasteiger partial charge on any atom is 1.00 e. The molecule has 23 heteroatoms. The fourth-order valence-electron chi connectivity index (χ4n) is 2.87. The number of aliphatic hydroxyl groups excluding tert-OH is 1. The number of hydrogen-bond donors (Lipinski definition) is 2. The van der Waals surface area contributed by atoms with Gasteiger partial charge in [-0.15, -0.1) is 12.3 Å². The molecule has 1 aromatic heterocycles. The molecule has 5 atom stereocenters. The van der Waals surface area contributed by atoms with Crippen LogP contribution in [0.2, 0.25) is 0 Å². The molecule has 0 saturated carbocycles. The van der Waals surface area contributed by atoms with Gasteiger partial charge in [-0.3, -0.25) is 27.8 Å². The van der Waals surface area contributed by atoms with Crippen LogP contribution in [0.4, 0.5) is 0 Å². The number of aliphatic hydroxyl groups is 1. The molecular formula is C17H19N2Na4O14P3. The van der Waals surface area contributed by atoms with Gasteiger partial charge >= 0.3 is 124 Å². The third kappa shape index (κ3) is 17.0. The molecular weight excluding hydrogens is 641 g/mol. The van der Waals surface area contributed by atoms with Crippen LogP contribution in [0, 0.1) is 24.2 Å². The van der Waals surface area contributed by atoms with Crippen LogP contribution in [-0.4, -0.2) is 33.5 Å². The van der Waals surface area contributed by atoms with Crippen molar-refractivity contribution in [1.29, 1.82) is 0 Å². The molecule has 1 aliphatic heterocycles. The van der Waals surface area contributed by atoms with Crippen LogP contribution >= 0.6 is 23.5 Å². The zero-order valence-electron chi connectivity index (χ0n) is 22.2. The predicted octanol–water partition coefficient (Wildman–Crippen LogP) is -14.4. The van der Waals surface area contributed by atoms with Crippen LogP contribution in [-0.2, 0) is 31.6 Å². The minimum atomic E-state index is -6.15. The van der Waals surface area contributed by atoms with Crippen LogP contribution in [0.3, 0.4) is 0 Å². The summed E-state index contributed by atoms with van der Waals surface area (Å²) in [5, 5.41) is 10.1. The zero-order valence-corrected chi connectivity index (χ0v) is 32.9. The first-order chi connectivity index (χ1) is 16.6. The van der Waals surface area contributed by atoms with Crippen LogP contribution in [0.25, 0.3) is 0 Å². The molecule has 0 bridgehead atoms. The third-order valence-corrected chi connectivity index (χ3v) is 8.04. The Morgan fingerprint density at radius 3 is 2.23 bits per heavy atom. The molecule has 2 rings (SSSR count). The Kier molecular flexibility index (Phi) is 24.5. The quantitative estimate of drug-likeness (QED) is 0.0968. The molecule has 0 aliphatic carbocycles. The first-order valence-electron chi connectivity index (χ1n) is 9.95. The predicted molar refractivity (Wildman–Crippen MR) is 111 cm³/mol. The fraction of sp³-hybridized carbons (Fsp3) is 0.529. The number of H-pyrrole nitrogens is 1. The minimum Gasteiger partial charge on any atom is -0.790 e. The summed E-state index contributed by atoms with van der Waals surface area (Å²) in [5.74, 6) is 7.86. The van der Waals surface area contributed by atoms with Crippen LogP contribution in [0.15, 0.2) is 15.8 Å². The van der Waals surface area contributed by atoms with Gasteiger partial charge in [0.1, 0.15) is 17.9 Å². The zero-order chi connectivity index (χ0) is 27.1. The number of aromatic nitrogens is 2. The Morgan fingerprint density at radius 2 is 1.65 bits per heavy atom. The molecule has 0 aromatic carbocycles. The normalized spacial score (nSPS) is 20.9. The number of hydrogen-bond acceptors (Lipinski definition) is 14. The van der Waals surface area contributed by atoms with E-state index in [1.807, 2.05) is 4.98 Å². The Hall–Kier alpha value is 2.13. The van der Waals surface area contributed by atoms with E-state index in [-0.39, 0.29) is 130 Å². The number of ether oxygens (including phenoxy) is 1. The summed E-state index contributed by atoms with van der Waals surface area (Å²) < 4.78 is 50.2. The molecule has 40 heavy (non-hydrogen) atoms. The molecule has 1 aliphatic rings. The monoisotopic (exact) mass is 660 g/mol. The maximum absolute atomic E-state index is 12.2. The number of phosphoric acid groups is 3. The fourth-order valence-corrected chi connectivity index (χ4v) is 5.74. The van der Waals surface area contributed by atoms with Crippen molar-refractivity contribution in [1.82, 2.24) is 9.55 Å². The van der Waals surface area contributed by atoms with Crippen LogP contribution in [0.1, 0.15) is 43.9 Å². The van der Waals surface area contributed by atoms with Crippen LogP contribution in [0.5, 0.6) is 0 Å². The van der Waals surface area contributed by atoms with Gasteiger partial charge in [0.05, 0.1) is 20.5 Å². The van der Waals surface area contributed by atoms with Crippen molar-refractivity contribution in [2.24, 2.45) is 0 Å². The summed E-state index contributed by atoms with van der Waals surface area (Å²) in [6.07, 6.45) is 4.36. The molecule has 2 unspecified atom stereocenters. The van der Waals surface area contributed by atoms with E-state index < -0.39 is 59.8 Å². The van der Waals surface area contributed by atoms with E-state index in [0.717, 1.165) is 17.2 Å². The average molecular weight is 660 g/mol. The first kappa shape index (κ1) is 46.5. The van der Waals surface area contributed by atoms with Crippen molar-refractivity contribution in [3.63, 3.8) is 0 Å². The molecule has 0 radical (unpaired) electrons. The average Bonchev–Trinajstić information content (AvgIpc) is 3.08. The van der Waals surface area contributed by atoms with E-state index >= 15 is 0 Å². The summed E-state index contributed by atoms with van der Waals surface area (Å²) in [6, 6.07) is 0. The van der Waals surface area contributed by atoms with Crippen molar-refractivity contribution in [2.75, 3.05) is 6.61 Å². The van der Waals surface area contributed by atoms with E-state index in [9.17, 15) is 48.0 Å². The minimum absolute atomic E-state index is 0. The number of rotatable bonds is 11. The van der Waals surface area contributed by atoms with Gasteiger partial charge in [0, 0.05) is 25.5 Å². The third-order valence-electron chi connectivity index (χ3n) is 4.38. The molecule has 1 saturated heterocycles. The summed E-state index contributed by atoms with van der Waals surface area (Å²) in [5.41, 5.74) is -1.76. The molecule has 0 spiro atoms. The number of nitrogens with zero attached hydrogens (tertiary/aromatic N) is 1. The first-order valence-corrected chi connectivity index (χ1v) is 14.3. The summed E-state index contributed by atoms with van der Waals surface area (Å²) in [4.78, 5) is 69.8. The van der Waals surface area contributed by atoms with E-state index in [0.29, 0.717) is 19.3 Å². The van der Waals surface area contributed by atoms with E-state index in [4.69, 9.17) is 11.2 Å². The van der Waals surface area contributed by atoms with Gasteiger partial charge in [0.15, 0.2) is 0 Å². The van der Waals surface area contributed by atoms with Gasteiger partial charge in [-0.25, -0.2) is 9.11 Å². The Labute approximate surface area is 317 Å². The van der Waals surface area contributed by atoms with Crippen molar-refractivity contribution >= 4 is 23.5 Å². The van der Waals surface area contributed by atoms with Gasteiger partial charge in [0.25, 0.3) is 21.2 Å². The molecule has 1 aromatic rings. The maximum atomic E-state index is 12.2. The molecule has 0 amide bonds. The molecule has 1 fully saturated rings. The van der Waals surface area contributed by atoms with Crippen molar-refractivity contribution in [3.8, 4) is 24.2 Å². The molecule has 2 heterocycles. The smallest absolute Gasteiger partial charge is 0.790 e. The van der Waals surface area contributed by atoms with Gasteiger partial charge < -0.3 is 38.5 Å². The molecule has 16 nitrogen and oxygen atoms in total. The van der Waals surface area contributed by atoms with E-state index in [2.05, 4.69) is 30.9 Å². The number of aromatic amines is 1. The summed E-state index contributed by atoms with van der Waals surface area (Å²) in [7, 11) is -18.1. The van der Waals surface area contributed by atoms with Crippen molar-refractivity contribution in [3.05, 3.63) is 32.6 Å². The number of unbranched alkanes of at least 4 members (excludes halogenated alkanes) is 3. The standard InChI is InChI=1S/C17H23N2O14P3.4Na/c1-2-3-4-5-6-7-8-12-10-19(17(22)18-16(12)21)15-9-13(20)14(31-15)11-30-35(26,27)33-36(28,29)32-34(23,24)25;;;;/h1,10,13-15,20H,3-6,9,11H2,(H,26,27)(H,28,29)(H,18,21,22)(H2,23,24,25);;;;/q;4*+1/p-4/t13-,14+,15+;;;;/m0..../s1. The Balaban J connectivity index is -0.00000342. The Morgan fingerprint density at radius 1 is 1.05 bits per heavy atom. The van der Waals surface area contributed by atoms with E-state index in [1.165, 1.54) is 0 Å². The Bertz CT molecular complexity index is 1320. The van der Waals surface area contributed by atoms with Gasteiger partial charge in [0.2, 0.25) is 0 Å². The van der Waals surface area contributed by atoms with E-state index in [1.54, 1.807) is 0 Å².